The summed E-state index contributed by atoms with van der Waals surface area (Å²) >= 11 is -2.21. The van der Waals surface area contributed by atoms with Crippen LogP contribution < -0.4 is 5.32 Å². The van der Waals surface area contributed by atoms with Gasteiger partial charge in [-0.1, -0.05) is 6.58 Å². The van der Waals surface area contributed by atoms with Crippen molar-refractivity contribution in [3.05, 3.63) is 12.7 Å². The molecule has 0 aliphatic rings. The summed E-state index contributed by atoms with van der Waals surface area (Å²) in [6.45, 7) is 3.80. The van der Waals surface area contributed by atoms with E-state index in [4.69, 9.17) is 4.55 Å². The van der Waals surface area contributed by atoms with Crippen molar-refractivity contribution < 1.29 is 17.7 Å². The average Bonchev–Trinajstić information content (AvgIpc) is 2.03. The van der Waals surface area contributed by atoms with Crippen LogP contribution in [0.2, 0.25) is 0 Å². The minimum absolute atomic E-state index is 0.139. The van der Waals surface area contributed by atoms with Crippen LogP contribution in [-0.2, 0) is 20.3 Å². The van der Waals surface area contributed by atoms with Crippen molar-refractivity contribution in [3.63, 3.8) is 0 Å². The molecule has 1 amide bonds. The molecule has 6 heteroatoms. The van der Waals surface area contributed by atoms with Gasteiger partial charge in [-0.3, -0.25) is 13.5 Å². The van der Waals surface area contributed by atoms with Crippen molar-refractivity contribution >= 4 is 17.3 Å². The van der Waals surface area contributed by atoms with Crippen LogP contribution >= 0.6 is 0 Å². The Hall–Kier alpha value is -0.720. The molecule has 0 aromatic carbocycles. The summed E-state index contributed by atoms with van der Waals surface area (Å²) in [6, 6.07) is 0. The molecule has 0 aliphatic carbocycles. The van der Waals surface area contributed by atoms with E-state index in [2.05, 4.69) is 16.1 Å². The van der Waals surface area contributed by atoms with Crippen LogP contribution in [0.5, 0.6) is 0 Å². The summed E-state index contributed by atoms with van der Waals surface area (Å²) in [7, 11) is 0. The zero-order chi connectivity index (χ0) is 9.40. The first-order chi connectivity index (χ1) is 5.66. The zero-order valence-electron chi connectivity index (χ0n) is 6.49. The van der Waals surface area contributed by atoms with E-state index in [9.17, 15) is 9.00 Å². The van der Waals surface area contributed by atoms with Crippen LogP contribution in [0.1, 0.15) is 6.42 Å². The number of nitrogens with one attached hydrogen (secondary N) is 1. The second-order valence-corrected chi connectivity index (χ2v) is 2.56. The van der Waals surface area contributed by atoms with Gasteiger partial charge in [-0.2, -0.15) is 4.21 Å². The molecule has 0 saturated heterocycles. The molecule has 0 saturated carbocycles. The maximum absolute atomic E-state index is 10.5. The Balaban J connectivity index is 3.16. The minimum atomic E-state index is -2.21. The maximum Gasteiger partial charge on any atom is 0.301 e. The highest BCUT2D eigenvalue weighted by Crippen LogP contribution is 1.83. The van der Waals surface area contributed by atoms with E-state index in [1.54, 1.807) is 0 Å². The molecule has 0 fully saturated rings. The van der Waals surface area contributed by atoms with Crippen molar-refractivity contribution in [2.45, 2.75) is 6.42 Å². The van der Waals surface area contributed by atoms with E-state index in [1.807, 2.05) is 0 Å². The third kappa shape index (κ3) is 7.39. The summed E-state index contributed by atoms with van der Waals surface area (Å²) < 4.78 is 22.4. The molecule has 0 spiro atoms. The summed E-state index contributed by atoms with van der Waals surface area (Å²) in [6.07, 6.45) is 1.65. The predicted molar refractivity (Wildman–Crippen MR) is 44.5 cm³/mol. The van der Waals surface area contributed by atoms with Crippen molar-refractivity contribution in [2.24, 2.45) is 0 Å². The molecule has 0 heterocycles. The maximum atomic E-state index is 10.5. The number of carbonyl (C=O) groups is 1. The van der Waals surface area contributed by atoms with Crippen molar-refractivity contribution in [1.82, 2.24) is 5.32 Å². The molecular formula is C6H11NO4S. The van der Waals surface area contributed by atoms with Crippen LogP contribution in [0.15, 0.2) is 12.7 Å². The fourth-order valence-corrected chi connectivity index (χ4v) is 0.747. The van der Waals surface area contributed by atoms with Gasteiger partial charge in [0.25, 0.3) is 0 Å². The standard InChI is InChI=1S/C6H11NO4S/c1-2-6(8)7-4-3-5-11-12(9)10/h2H,1,3-5H2,(H,7,8)(H,9,10). The van der Waals surface area contributed by atoms with Gasteiger partial charge in [0.15, 0.2) is 0 Å². The lowest BCUT2D eigenvalue weighted by Gasteiger charge is -2.00. The normalized spacial score (nSPS) is 12.1. The summed E-state index contributed by atoms with van der Waals surface area (Å²) in [5.74, 6) is -0.264. The molecule has 70 valence electrons. The smallest absolute Gasteiger partial charge is 0.301 e. The molecule has 2 N–H and O–H groups in total. The van der Waals surface area contributed by atoms with E-state index in [0.29, 0.717) is 13.0 Å². The highest BCUT2D eigenvalue weighted by molar-refractivity contribution is 7.74. The van der Waals surface area contributed by atoms with E-state index in [1.165, 1.54) is 0 Å². The molecular weight excluding hydrogens is 182 g/mol. The molecule has 0 aliphatic heterocycles. The van der Waals surface area contributed by atoms with Crippen LogP contribution in [0.25, 0.3) is 0 Å². The van der Waals surface area contributed by atoms with Crippen LogP contribution in [-0.4, -0.2) is 27.8 Å². The van der Waals surface area contributed by atoms with Crippen LogP contribution in [0.3, 0.4) is 0 Å². The van der Waals surface area contributed by atoms with Gasteiger partial charge in [-0.05, 0) is 12.5 Å². The Labute approximate surface area is 73.3 Å². The Bertz CT molecular complexity index is 182. The van der Waals surface area contributed by atoms with E-state index in [0.717, 1.165) is 6.08 Å². The van der Waals surface area contributed by atoms with E-state index >= 15 is 0 Å². The van der Waals surface area contributed by atoms with Crippen molar-refractivity contribution in [2.75, 3.05) is 13.2 Å². The first-order valence-electron chi connectivity index (χ1n) is 3.31. The lowest BCUT2D eigenvalue weighted by molar-refractivity contribution is -0.116. The molecule has 5 nitrogen and oxygen atoms in total. The van der Waals surface area contributed by atoms with Gasteiger partial charge in [0, 0.05) is 6.54 Å². The van der Waals surface area contributed by atoms with Gasteiger partial charge in [0.2, 0.25) is 5.91 Å². The summed E-state index contributed by atoms with van der Waals surface area (Å²) in [5.41, 5.74) is 0. The number of hydrogen-bond acceptors (Lipinski definition) is 3. The molecule has 12 heavy (non-hydrogen) atoms. The fraction of sp³-hybridized carbons (Fsp3) is 0.500. The number of hydrogen-bond donors (Lipinski definition) is 2. The number of rotatable bonds is 6. The van der Waals surface area contributed by atoms with Crippen LogP contribution in [0, 0.1) is 0 Å². The van der Waals surface area contributed by atoms with Gasteiger partial charge in [0.05, 0.1) is 6.61 Å². The number of carbonyl (C=O) groups excluding carboxylic acids is 1. The highest BCUT2D eigenvalue weighted by atomic mass is 32.2. The number of amides is 1. The Morgan fingerprint density at radius 3 is 2.92 bits per heavy atom. The monoisotopic (exact) mass is 193 g/mol. The lowest BCUT2D eigenvalue weighted by atomic mass is 10.4. The highest BCUT2D eigenvalue weighted by Gasteiger charge is 1.94. The quantitative estimate of drug-likeness (QED) is 0.349. The fourth-order valence-electron chi connectivity index (χ4n) is 0.486. The Kier molecular flexibility index (Phi) is 6.54. The predicted octanol–water partition coefficient (Wildman–Crippen LogP) is -0.168. The largest absolute Gasteiger partial charge is 0.352 e. The van der Waals surface area contributed by atoms with Crippen molar-refractivity contribution in [1.29, 1.82) is 0 Å². The zero-order valence-corrected chi connectivity index (χ0v) is 7.30. The van der Waals surface area contributed by atoms with Gasteiger partial charge < -0.3 is 5.32 Å². The second-order valence-electron chi connectivity index (χ2n) is 1.89. The minimum Gasteiger partial charge on any atom is -0.352 e. The van der Waals surface area contributed by atoms with Crippen LogP contribution in [0.4, 0.5) is 0 Å². The Morgan fingerprint density at radius 2 is 2.42 bits per heavy atom. The SMILES string of the molecule is C=CC(=O)NCCCOS(=O)O. The molecule has 0 aromatic heterocycles. The van der Waals surface area contributed by atoms with E-state index < -0.39 is 11.4 Å². The first kappa shape index (κ1) is 11.3. The topological polar surface area (TPSA) is 75.6 Å². The van der Waals surface area contributed by atoms with Gasteiger partial charge >= 0.3 is 11.4 Å². The Morgan fingerprint density at radius 1 is 1.75 bits per heavy atom. The van der Waals surface area contributed by atoms with Crippen molar-refractivity contribution in [3.8, 4) is 0 Å². The van der Waals surface area contributed by atoms with Gasteiger partial charge in [-0.15, -0.1) is 0 Å². The lowest BCUT2D eigenvalue weighted by Crippen LogP contribution is -2.22. The third-order valence-electron chi connectivity index (χ3n) is 0.990. The van der Waals surface area contributed by atoms with Gasteiger partial charge in [0.1, 0.15) is 0 Å². The second kappa shape index (κ2) is 6.96. The molecule has 0 aromatic rings. The third-order valence-corrected chi connectivity index (χ3v) is 1.36. The summed E-state index contributed by atoms with van der Waals surface area (Å²) in [4.78, 5) is 10.5. The molecule has 0 rings (SSSR count). The average molecular weight is 193 g/mol. The van der Waals surface area contributed by atoms with Gasteiger partial charge in [-0.25, -0.2) is 0 Å². The first-order valence-corrected chi connectivity index (χ1v) is 4.34. The molecule has 1 unspecified atom stereocenters. The molecule has 0 radical (unpaired) electrons. The van der Waals surface area contributed by atoms with E-state index in [-0.39, 0.29) is 12.5 Å². The molecule has 0 bridgehead atoms. The summed E-state index contributed by atoms with van der Waals surface area (Å²) in [5, 5.41) is 2.49. The molecule has 1 atom stereocenters.